The summed E-state index contributed by atoms with van der Waals surface area (Å²) in [6.07, 6.45) is 20.3. The molecule has 7 aliphatic rings. The summed E-state index contributed by atoms with van der Waals surface area (Å²) >= 11 is -1.19. The van der Waals surface area contributed by atoms with E-state index >= 15 is 0 Å². The maximum atomic E-state index is 12.7. The first-order chi connectivity index (χ1) is 26.0. The monoisotopic (exact) mass is 811 g/mol. The van der Waals surface area contributed by atoms with E-state index in [1.165, 1.54) is 31.4 Å². The fraction of sp³-hybridized carbons (Fsp3) is 0.444. The van der Waals surface area contributed by atoms with E-state index in [2.05, 4.69) is 69.1 Å². The highest BCUT2D eigenvalue weighted by molar-refractivity contribution is 7.33. The van der Waals surface area contributed by atoms with E-state index < -0.39 is 25.3 Å². The number of allylic oxidation sites excluding steroid dienone is 8. The fourth-order valence-corrected chi connectivity index (χ4v) is 12.3. The first-order valence-corrected chi connectivity index (χ1v) is 28.0. The van der Waals surface area contributed by atoms with Crippen LogP contribution in [0.2, 0.25) is 31.0 Å². The molecular formula is C45H52AlCl2NO5Si. The van der Waals surface area contributed by atoms with Gasteiger partial charge in [-0.15, -0.1) is 0 Å². The van der Waals surface area contributed by atoms with Crippen LogP contribution in [0.25, 0.3) is 12.2 Å². The molecule has 6 nitrogen and oxygen atoms in total. The smallest absolute Gasteiger partial charge is 0.299 e. The van der Waals surface area contributed by atoms with Gasteiger partial charge < -0.3 is 0 Å². The molecule has 55 heavy (non-hydrogen) atoms. The van der Waals surface area contributed by atoms with E-state index in [0.29, 0.717) is 52.6 Å². The molecule has 0 radical (unpaired) electrons. The Labute approximate surface area is 339 Å². The molecule has 0 heterocycles. The van der Waals surface area contributed by atoms with E-state index in [-0.39, 0.29) is 23.3 Å². The normalized spacial score (nSPS) is 34.3. The van der Waals surface area contributed by atoms with Crippen LogP contribution < -0.4 is 0 Å². The van der Waals surface area contributed by atoms with E-state index in [9.17, 15) is 24.5 Å². The predicted octanol–water partition coefficient (Wildman–Crippen LogP) is 11.2. The number of non-ortho nitro benzene ring substituents is 1. The molecule has 9 rings (SSSR count). The van der Waals surface area contributed by atoms with Gasteiger partial charge in [-0.05, 0) is 108 Å². The molecule has 10 heteroatoms. The number of halogens is 2. The molecule has 4 bridgehead atoms. The van der Waals surface area contributed by atoms with Gasteiger partial charge >= 0.3 is 12.3 Å². The van der Waals surface area contributed by atoms with Crippen LogP contribution >= 0.6 is 20.1 Å². The van der Waals surface area contributed by atoms with Crippen molar-refractivity contribution in [1.29, 1.82) is 0 Å². The number of nitro groups is 1. The van der Waals surface area contributed by atoms with Crippen LogP contribution in [0.1, 0.15) is 44.2 Å². The first kappa shape index (κ1) is 41.5. The number of rotatable bonds is 4. The molecular weight excluding hydrogens is 760 g/mol. The molecule has 0 amide bonds. The first-order valence-electron chi connectivity index (χ1n) is 19.7. The molecule has 7 aliphatic carbocycles. The number of fused-ring (bicyclic) bond motifs is 10. The number of nitrogens with zero attached hydrogens (tertiary/aromatic N) is 1. The lowest BCUT2D eigenvalue weighted by molar-refractivity contribution is -0.384. The topological polar surface area (TPSA) is 94.3 Å². The number of carbonyl (C=O) groups excluding carboxylic acids is 3. The molecule has 2 aromatic carbocycles. The lowest BCUT2D eigenvalue weighted by Gasteiger charge is -2.24. The third-order valence-corrected chi connectivity index (χ3v) is 15.5. The molecule has 1 unspecified atom stereocenters. The Bertz CT molecular complexity index is 1950. The van der Waals surface area contributed by atoms with Crippen LogP contribution in [0, 0.1) is 69.3 Å². The van der Waals surface area contributed by atoms with Crippen molar-refractivity contribution in [2.24, 2.45) is 59.2 Å². The number of carbonyl (C=O) groups is 3. The number of hydrogen-bond donors (Lipinski definition) is 0. The van der Waals surface area contributed by atoms with Gasteiger partial charge in [-0.1, -0.05) is 100.0 Å². The number of hydrogen-bond acceptors (Lipinski definition) is 5. The number of nitro benzene ring substituents is 1. The lowest BCUT2D eigenvalue weighted by atomic mass is 9.81. The highest BCUT2D eigenvalue weighted by Crippen LogP contribution is 2.59. The van der Waals surface area contributed by atoms with Gasteiger partial charge in [0.25, 0.3) is 5.69 Å². The molecule has 0 aliphatic heterocycles. The van der Waals surface area contributed by atoms with Gasteiger partial charge in [0.05, 0.1) is 13.0 Å². The SMILES string of the molecule is C[C@@H]1/C(=C\c2ccccc2)C(=O)[C@@H]2[C@H]1[C@H]1C=C[C@@H]2C1.C[C@H]1C=CC(=O)/C1=C/c1ccc([N+](=O)[O-])cc1.C[Si](C)(C)C1C[C@H]2[C@@H](C1=O)[C@@H]1C=C[C@H]2C1.[CH3][Al]([Cl])[Cl]. The van der Waals surface area contributed by atoms with Crippen molar-refractivity contribution in [3.05, 3.63) is 123 Å². The standard InChI is InChI=1S/C18H18O.C13H11NO3.C13H20OSi.CH3.Al.2ClH/c1-11-15(9-12-5-3-2-4-6-12)18(19)17-14-8-7-13(10-14)16(11)17;1-9-2-7-13(15)12(9)8-10-3-5-11(6-4-10)14(16)17;1-15(2,3)11-7-10-8-4-5-9(6-8)12(10)13(11)14;;;;/h2-9,11,13-14,16-17H,10H2,1H3;2-9H,1H3;4-5,8-12H,6-7H2,1-3H3;1H3;;2*1H/q;;;;+2;;/p-2/b15-9+;12-8+;;;;;/t11-,13+,14-,16-,17+;9-;8-,9+,10+,11?,12-;;;;/m100..../s1. The van der Waals surface area contributed by atoms with E-state index in [1.54, 1.807) is 24.3 Å². The van der Waals surface area contributed by atoms with Crippen molar-refractivity contribution < 1.29 is 19.3 Å². The third-order valence-electron chi connectivity index (χ3n) is 12.9. The average Bonchev–Trinajstić information content (AvgIpc) is 4.01. The molecule has 11 atom stereocenters. The summed E-state index contributed by atoms with van der Waals surface area (Å²) < 4.78 is 0. The second-order valence-electron chi connectivity index (χ2n) is 17.4. The van der Waals surface area contributed by atoms with Gasteiger partial charge in [0.15, 0.2) is 11.6 Å². The second-order valence-corrected chi connectivity index (χ2v) is 28.5. The molecule has 4 fully saturated rings. The summed E-state index contributed by atoms with van der Waals surface area (Å²) in [5.41, 5.74) is 4.24. The highest BCUT2D eigenvalue weighted by Gasteiger charge is 2.57. The maximum Gasteiger partial charge on any atom is 0.516 e. The van der Waals surface area contributed by atoms with Crippen LogP contribution in [0.4, 0.5) is 5.69 Å². The van der Waals surface area contributed by atoms with Crippen molar-refractivity contribution >= 4 is 75.7 Å². The molecule has 0 aromatic heterocycles. The Kier molecular flexibility index (Phi) is 13.0. The van der Waals surface area contributed by atoms with Crippen LogP contribution in [0.15, 0.2) is 102 Å². The summed E-state index contributed by atoms with van der Waals surface area (Å²) in [4.78, 5) is 46.7. The quantitative estimate of drug-likeness (QED) is 0.101. The van der Waals surface area contributed by atoms with Crippen LogP contribution in [-0.2, 0) is 14.4 Å². The summed E-state index contributed by atoms with van der Waals surface area (Å²) in [5.74, 6) is 7.96. The zero-order valence-corrected chi connectivity index (χ0v) is 36.3. The molecule has 4 saturated carbocycles. The molecule has 288 valence electrons. The van der Waals surface area contributed by atoms with Crippen LogP contribution in [0.3, 0.4) is 0 Å². The number of benzene rings is 2. The molecule has 0 saturated heterocycles. The van der Waals surface area contributed by atoms with Crippen LogP contribution in [0.5, 0.6) is 0 Å². The highest BCUT2D eigenvalue weighted by atomic mass is 35.7. The summed E-state index contributed by atoms with van der Waals surface area (Å²) in [7, 11) is 9.10. The van der Waals surface area contributed by atoms with Gasteiger partial charge in [-0.2, -0.15) is 0 Å². The molecule has 0 N–H and O–H groups in total. The molecule has 0 spiro atoms. The van der Waals surface area contributed by atoms with E-state index in [4.69, 9.17) is 20.1 Å². The summed E-state index contributed by atoms with van der Waals surface area (Å²) in [6.45, 7) is 11.2. The van der Waals surface area contributed by atoms with Crippen molar-refractivity contribution in [2.45, 2.75) is 64.1 Å². The largest absolute Gasteiger partial charge is 0.516 e. The maximum absolute atomic E-state index is 12.7. The van der Waals surface area contributed by atoms with Crippen LogP contribution in [-0.4, -0.2) is 42.7 Å². The van der Waals surface area contributed by atoms with E-state index in [0.717, 1.165) is 34.1 Å². The van der Waals surface area contributed by atoms with Crippen molar-refractivity contribution in [2.75, 3.05) is 0 Å². The Morgan fingerprint density at radius 2 is 1.29 bits per heavy atom. The Hall–Kier alpha value is -3.12. The fourth-order valence-electron chi connectivity index (χ4n) is 10.3. The Morgan fingerprint density at radius 1 is 0.745 bits per heavy atom. The lowest BCUT2D eigenvalue weighted by Crippen LogP contribution is -2.33. The predicted molar refractivity (Wildman–Crippen MR) is 228 cm³/mol. The van der Waals surface area contributed by atoms with Gasteiger partial charge in [0.1, 0.15) is 5.78 Å². The summed E-state index contributed by atoms with van der Waals surface area (Å²) in [6, 6.07) is 16.4. The van der Waals surface area contributed by atoms with E-state index in [1.807, 2.05) is 37.0 Å². The van der Waals surface area contributed by atoms with Crippen molar-refractivity contribution in [3.8, 4) is 0 Å². The minimum Gasteiger partial charge on any atom is -0.299 e. The average molecular weight is 813 g/mol. The Morgan fingerprint density at radius 3 is 1.84 bits per heavy atom. The second kappa shape index (κ2) is 17.2. The zero-order valence-electron chi connectivity index (χ0n) is 32.6. The number of ketones is 3. The van der Waals surface area contributed by atoms with Crippen molar-refractivity contribution in [1.82, 2.24) is 0 Å². The zero-order chi connectivity index (χ0) is 39.8. The van der Waals surface area contributed by atoms with Gasteiger partial charge in [0.2, 0.25) is 0 Å². The Balaban J connectivity index is 0.000000134. The minimum atomic E-state index is -1.26. The van der Waals surface area contributed by atoms with Gasteiger partial charge in [-0.3, -0.25) is 24.5 Å². The number of Topliss-reactive ketones (excluding diaryl/α,β-unsaturated/α-hetero) is 2. The van der Waals surface area contributed by atoms with Crippen molar-refractivity contribution in [3.63, 3.8) is 0 Å². The summed E-state index contributed by atoms with van der Waals surface area (Å²) in [5, 5.41) is 10.5. The minimum absolute atomic E-state index is 0.0100. The third kappa shape index (κ3) is 9.05. The van der Waals surface area contributed by atoms with Gasteiger partial charge in [-0.25, -0.2) is 20.1 Å². The van der Waals surface area contributed by atoms with Gasteiger partial charge in [0, 0.05) is 41.0 Å². The molecule has 2 aromatic rings.